The molecule has 3 nitrogen and oxygen atoms in total. The highest BCUT2D eigenvalue weighted by molar-refractivity contribution is 5.87. The number of aliphatic hydroxyl groups is 1. The number of rotatable bonds is 2. The molecular weight excluding hydrogens is 130 g/mol. The van der Waals surface area contributed by atoms with E-state index in [1.807, 2.05) is 0 Å². The summed E-state index contributed by atoms with van der Waals surface area (Å²) in [5, 5.41) is 8.77. The van der Waals surface area contributed by atoms with Gasteiger partial charge in [-0.05, 0) is 6.08 Å². The van der Waals surface area contributed by atoms with Gasteiger partial charge in [0.25, 0.3) is 0 Å². The summed E-state index contributed by atoms with van der Waals surface area (Å²) in [4.78, 5) is 12.1. The number of nitrogens with zero attached hydrogens (tertiary/aromatic N) is 1. The van der Waals surface area contributed by atoms with E-state index in [4.69, 9.17) is 5.11 Å². The van der Waals surface area contributed by atoms with Crippen LogP contribution in [0.5, 0.6) is 0 Å². The second-order valence-electron chi connectivity index (χ2n) is 2.01. The van der Waals surface area contributed by atoms with Gasteiger partial charge in [0.15, 0.2) is 0 Å². The summed E-state index contributed by atoms with van der Waals surface area (Å²) in [6.07, 6.45) is 2.31. The van der Waals surface area contributed by atoms with Crippen molar-refractivity contribution in [3.63, 3.8) is 0 Å². The zero-order valence-electron chi connectivity index (χ0n) is 6.16. The molecule has 1 amide bonds. The largest absolute Gasteiger partial charge is 0.508 e. The van der Waals surface area contributed by atoms with Crippen molar-refractivity contribution in [2.24, 2.45) is 0 Å². The Kier molecular flexibility index (Phi) is 3.25. The van der Waals surface area contributed by atoms with Crippen molar-refractivity contribution in [3.05, 3.63) is 24.5 Å². The minimum Gasteiger partial charge on any atom is -0.508 e. The van der Waals surface area contributed by atoms with Crippen LogP contribution in [0.3, 0.4) is 0 Å². The SMILES string of the molecule is C=C/C(O)=C\C(=O)N(C)C. The highest BCUT2D eigenvalue weighted by atomic mass is 16.3. The summed E-state index contributed by atoms with van der Waals surface area (Å²) in [6, 6.07) is 0. The average Bonchev–Trinajstić information content (AvgIpc) is 1.87. The highest BCUT2D eigenvalue weighted by Crippen LogP contribution is 1.90. The van der Waals surface area contributed by atoms with Gasteiger partial charge in [0.05, 0.1) is 0 Å². The Morgan fingerprint density at radius 3 is 2.40 bits per heavy atom. The van der Waals surface area contributed by atoms with E-state index < -0.39 is 0 Å². The van der Waals surface area contributed by atoms with Gasteiger partial charge in [-0.25, -0.2) is 0 Å². The Bertz CT molecular complexity index is 170. The summed E-state index contributed by atoms with van der Waals surface area (Å²) in [5.74, 6) is -0.365. The van der Waals surface area contributed by atoms with Gasteiger partial charge < -0.3 is 10.0 Å². The topological polar surface area (TPSA) is 40.5 Å². The molecule has 0 unspecified atom stereocenters. The Hall–Kier alpha value is -1.25. The fourth-order valence-electron chi connectivity index (χ4n) is 0.315. The van der Waals surface area contributed by atoms with Crippen LogP contribution in [0.15, 0.2) is 24.5 Å². The van der Waals surface area contributed by atoms with Crippen molar-refractivity contribution in [1.29, 1.82) is 0 Å². The smallest absolute Gasteiger partial charge is 0.249 e. The quantitative estimate of drug-likeness (QED) is 0.349. The molecule has 0 aliphatic heterocycles. The Morgan fingerprint density at radius 2 is 2.10 bits per heavy atom. The zero-order chi connectivity index (χ0) is 8.15. The second kappa shape index (κ2) is 3.71. The molecule has 0 spiro atoms. The average molecular weight is 141 g/mol. The first-order valence-corrected chi connectivity index (χ1v) is 2.82. The van der Waals surface area contributed by atoms with E-state index in [1.165, 1.54) is 11.0 Å². The highest BCUT2D eigenvalue weighted by Gasteiger charge is 1.98. The third-order valence-corrected chi connectivity index (χ3v) is 0.921. The van der Waals surface area contributed by atoms with E-state index in [2.05, 4.69) is 6.58 Å². The molecule has 0 atom stereocenters. The van der Waals surface area contributed by atoms with Crippen LogP contribution in [-0.2, 0) is 4.79 Å². The van der Waals surface area contributed by atoms with Crippen molar-refractivity contribution in [2.75, 3.05) is 14.1 Å². The van der Waals surface area contributed by atoms with Crippen LogP contribution in [-0.4, -0.2) is 30.0 Å². The second-order valence-corrected chi connectivity index (χ2v) is 2.01. The molecule has 10 heavy (non-hydrogen) atoms. The molecule has 0 radical (unpaired) electrons. The Morgan fingerprint density at radius 1 is 1.60 bits per heavy atom. The zero-order valence-corrected chi connectivity index (χ0v) is 6.16. The van der Waals surface area contributed by atoms with E-state index in [9.17, 15) is 4.79 Å². The van der Waals surface area contributed by atoms with Gasteiger partial charge in [0, 0.05) is 20.2 Å². The maximum absolute atomic E-state index is 10.8. The van der Waals surface area contributed by atoms with Gasteiger partial charge >= 0.3 is 0 Å². The third kappa shape index (κ3) is 2.91. The number of allylic oxidation sites excluding steroid dienone is 1. The summed E-state index contributed by atoms with van der Waals surface area (Å²) in [6.45, 7) is 3.28. The number of aliphatic hydroxyl groups excluding tert-OH is 1. The number of likely N-dealkylation sites (N-methyl/N-ethyl adjacent to an activating group) is 1. The fourth-order valence-corrected chi connectivity index (χ4v) is 0.315. The Balaban J connectivity index is 4.13. The number of carbonyl (C=O) groups excluding carboxylic acids is 1. The van der Waals surface area contributed by atoms with Gasteiger partial charge in [-0.3, -0.25) is 4.79 Å². The molecule has 3 heteroatoms. The molecule has 0 saturated carbocycles. The lowest BCUT2D eigenvalue weighted by Gasteiger charge is -2.04. The van der Waals surface area contributed by atoms with Crippen molar-refractivity contribution < 1.29 is 9.90 Å². The van der Waals surface area contributed by atoms with E-state index in [0.717, 1.165) is 6.08 Å². The van der Waals surface area contributed by atoms with E-state index >= 15 is 0 Å². The van der Waals surface area contributed by atoms with E-state index in [1.54, 1.807) is 14.1 Å². The summed E-state index contributed by atoms with van der Waals surface area (Å²) < 4.78 is 0. The molecule has 0 bridgehead atoms. The van der Waals surface area contributed by atoms with Crippen molar-refractivity contribution in [3.8, 4) is 0 Å². The molecule has 0 aromatic carbocycles. The fraction of sp³-hybridized carbons (Fsp3) is 0.286. The lowest BCUT2D eigenvalue weighted by Crippen LogP contribution is -2.19. The summed E-state index contributed by atoms with van der Waals surface area (Å²) in [5.41, 5.74) is 0. The van der Waals surface area contributed by atoms with Crippen molar-refractivity contribution in [2.45, 2.75) is 0 Å². The molecule has 0 saturated heterocycles. The van der Waals surface area contributed by atoms with Gasteiger partial charge in [-0.15, -0.1) is 0 Å². The molecule has 0 aromatic heterocycles. The molecule has 1 N–H and O–H groups in total. The number of carbonyl (C=O) groups is 1. The lowest BCUT2D eigenvalue weighted by atomic mass is 10.4. The van der Waals surface area contributed by atoms with Crippen LogP contribution in [0.25, 0.3) is 0 Å². The minimum atomic E-state index is -0.252. The molecule has 0 aliphatic rings. The first-order chi connectivity index (χ1) is 4.57. The van der Waals surface area contributed by atoms with Gasteiger partial charge in [0.1, 0.15) is 5.76 Å². The predicted molar refractivity (Wildman–Crippen MR) is 39.6 cm³/mol. The van der Waals surface area contributed by atoms with Crippen LogP contribution in [0.1, 0.15) is 0 Å². The molecule has 56 valence electrons. The predicted octanol–water partition coefficient (Wildman–Crippen LogP) is 0.702. The van der Waals surface area contributed by atoms with Crippen LogP contribution >= 0.6 is 0 Å². The summed E-state index contributed by atoms with van der Waals surface area (Å²) in [7, 11) is 3.21. The van der Waals surface area contributed by atoms with E-state index in [0.29, 0.717) is 0 Å². The maximum Gasteiger partial charge on any atom is 0.249 e. The molecule has 0 heterocycles. The van der Waals surface area contributed by atoms with Crippen LogP contribution in [0.4, 0.5) is 0 Å². The van der Waals surface area contributed by atoms with Gasteiger partial charge in [-0.1, -0.05) is 6.58 Å². The third-order valence-electron chi connectivity index (χ3n) is 0.921. The Labute approximate surface area is 60.3 Å². The molecule has 0 rings (SSSR count). The normalized spacial score (nSPS) is 10.8. The molecule has 0 fully saturated rings. The number of hydrogen-bond acceptors (Lipinski definition) is 2. The molecular formula is C7H11NO2. The first kappa shape index (κ1) is 8.75. The number of amides is 1. The standard InChI is InChI=1S/C7H11NO2/c1-4-6(9)5-7(10)8(2)3/h4-5,9H,1H2,2-3H3/b6-5+. The van der Waals surface area contributed by atoms with Gasteiger partial charge in [0.2, 0.25) is 5.91 Å². The molecule has 0 aromatic rings. The number of hydrogen-bond donors (Lipinski definition) is 1. The first-order valence-electron chi connectivity index (χ1n) is 2.82. The van der Waals surface area contributed by atoms with Crippen LogP contribution in [0.2, 0.25) is 0 Å². The van der Waals surface area contributed by atoms with Crippen molar-refractivity contribution in [1.82, 2.24) is 4.90 Å². The molecule has 0 aliphatic carbocycles. The lowest BCUT2D eigenvalue weighted by molar-refractivity contribution is -0.123. The van der Waals surface area contributed by atoms with E-state index in [-0.39, 0.29) is 11.7 Å². The van der Waals surface area contributed by atoms with Crippen molar-refractivity contribution >= 4 is 5.91 Å². The maximum atomic E-state index is 10.8. The monoisotopic (exact) mass is 141 g/mol. The van der Waals surface area contributed by atoms with Crippen LogP contribution < -0.4 is 0 Å². The van der Waals surface area contributed by atoms with Crippen LogP contribution in [0, 0.1) is 0 Å². The van der Waals surface area contributed by atoms with Gasteiger partial charge in [-0.2, -0.15) is 0 Å². The summed E-state index contributed by atoms with van der Waals surface area (Å²) >= 11 is 0. The minimum absolute atomic E-state index is 0.112.